The van der Waals surface area contributed by atoms with Gasteiger partial charge in [0.2, 0.25) is 10.0 Å². The van der Waals surface area contributed by atoms with E-state index in [1.165, 1.54) is 16.4 Å². The summed E-state index contributed by atoms with van der Waals surface area (Å²) in [7, 11) is -3.79. The highest BCUT2D eigenvalue weighted by molar-refractivity contribution is 7.89. The van der Waals surface area contributed by atoms with Crippen LogP contribution in [0.3, 0.4) is 0 Å². The molecule has 10 nitrogen and oxygen atoms in total. The summed E-state index contributed by atoms with van der Waals surface area (Å²) in [6, 6.07) is 9.53. The molecule has 0 atom stereocenters. The first-order valence-electron chi connectivity index (χ1n) is 9.96. The van der Waals surface area contributed by atoms with Crippen LogP contribution in [-0.2, 0) is 10.0 Å². The molecule has 31 heavy (non-hydrogen) atoms. The largest absolute Gasteiger partial charge is 0.362 e. The molecule has 1 aliphatic rings. The van der Waals surface area contributed by atoms with E-state index >= 15 is 0 Å². The Hall–Kier alpha value is -3.23. The van der Waals surface area contributed by atoms with E-state index in [-0.39, 0.29) is 23.7 Å². The van der Waals surface area contributed by atoms with E-state index in [1.807, 2.05) is 9.80 Å². The quantitative estimate of drug-likeness (QED) is 0.470. The van der Waals surface area contributed by atoms with E-state index < -0.39 is 14.9 Å². The van der Waals surface area contributed by atoms with Crippen LogP contribution in [-0.4, -0.2) is 61.9 Å². The van der Waals surface area contributed by atoms with Crippen molar-refractivity contribution in [1.29, 1.82) is 5.26 Å². The number of piperazine rings is 1. The maximum Gasteiger partial charge on any atom is 0.293 e. The van der Waals surface area contributed by atoms with E-state index in [0.29, 0.717) is 43.2 Å². The molecule has 1 fully saturated rings. The Morgan fingerprint density at radius 1 is 1.13 bits per heavy atom. The Kier molecular flexibility index (Phi) is 6.72. The monoisotopic (exact) mass is 444 g/mol. The zero-order valence-corrected chi connectivity index (χ0v) is 18.2. The van der Waals surface area contributed by atoms with Gasteiger partial charge >= 0.3 is 0 Å². The highest BCUT2D eigenvalue weighted by Crippen LogP contribution is 2.32. The molecule has 0 amide bonds. The normalized spacial score (nSPS) is 14.5. The highest BCUT2D eigenvalue weighted by Gasteiger charge is 2.29. The fourth-order valence-corrected chi connectivity index (χ4v) is 5.11. The van der Waals surface area contributed by atoms with Crippen LogP contribution in [0.1, 0.15) is 19.4 Å². The first-order chi connectivity index (χ1) is 14.8. The highest BCUT2D eigenvalue weighted by atomic mass is 32.2. The third-order valence-corrected chi connectivity index (χ3v) is 7.35. The van der Waals surface area contributed by atoms with Crippen LogP contribution in [0, 0.1) is 21.4 Å². The average Bonchev–Trinajstić information content (AvgIpc) is 2.79. The lowest BCUT2D eigenvalue weighted by molar-refractivity contribution is -0.384. The molecular weight excluding hydrogens is 420 g/mol. The minimum atomic E-state index is -3.79. The maximum atomic E-state index is 12.8. The molecule has 1 aliphatic heterocycles. The summed E-state index contributed by atoms with van der Waals surface area (Å²) in [6.07, 6.45) is 1.58. The summed E-state index contributed by atoms with van der Waals surface area (Å²) in [5, 5.41) is 20.8. The summed E-state index contributed by atoms with van der Waals surface area (Å²) < 4.78 is 26.8. The van der Waals surface area contributed by atoms with Crippen LogP contribution in [0.2, 0.25) is 0 Å². The second-order valence-corrected chi connectivity index (χ2v) is 8.92. The standard InChI is InChI=1S/C20H24N6O4S/c1-3-25(4-2)31(29,30)17-5-6-18(19(14-17)26(27)28)23-9-11-24(12-10-23)20-13-16(15-21)7-8-22-20/h5-8,13-14H,3-4,9-12H2,1-2H3. The first kappa shape index (κ1) is 22.5. The van der Waals surface area contributed by atoms with Gasteiger partial charge in [-0.15, -0.1) is 0 Å². The van der Waals surface area contributed by atoms with Gasteiger partial charge in [0.1, 0.15) is 11.5 Å². The van der Waals surface area contributed by atoms with Gasteiger partial charge in [-0.25, -0.2) is 13.4 Å². The van der Waals surface area contributed by atoms with Crippen molar-refractivity contribution < 1.29 is 13.3 Å². The number of nitro benzene ring substituents is 1. The molecule has 0 N–H and O–H groups in total. The predicted octanol–water partition coefficient (Wildman–Crippen LogP) is 2.22. The second kappa shape index (κ2) is 9.28. The van der Waals surface area contributed by atoms with Crippen LogP contribution in [0.4, 0.5) is 17.2 Å². The van der Waals surface area contributed by atoms with E-state index in [4.69, 9.17) is 5.26 Å². The number of nitriles is 1. The van der Waals surface area contributed by atoms with E-state index in [2.05, 4.69) is 11.1 Å². The summed E-state index contributed by atoms with van der Waals surface area (Å²) in [4.78, 5) is 19.3. The number of rotatable bonds is 7. The minimum Gasteiger partial charge on any atom is -0.362 e. The molecule has 0 spiro atoms. The molecule has 11 heteroatoms. The Morgan fingerprint density at radius 2 is 1.77 bits per heavy atom. The number of pyridine rings is 1. The van der Waals surface area contributed by atoms with Crippen LogP contribution in [0.15, 0.2) is 41.4 Å². The first-order valence-corrected chi connectivity index (χ1v) is 11.4. The summed E-state index contributed by atoms with van der Waals surface area (Å²) in [5.41, 5.74) is 0.682. The molecule has 164 valence electrons. The van der Waals surface area contributed by atoms with Gasteiger partial charge < -0.3 is 9.80 Å². The third kappa shape index (κ3) is 4.60. The van der Waals surface area contributed by atoms with Gasteiger partial charge in [-0.3, -0.25) is 10.1 Å². The maximum absolute atomic E-state index is 12.8. The molecule has 0 saturated carbocycles. The summed E-state index contributed by atoms with van der Waals surface area (Å²) >= 11 is 0. The lowest BCUT2D eigenvalue weighted by Gasteiger charge is -2.36. The topological polar surface area (TPSA) is 124 Å². The molecule has 0 radical (unpaired) electrons. The Bertz CT molecular complexity index is 1100. The van der Waals surface area contributed by atoms with Crippen molar-refractivity contribution in [3.63, 3.8) is 0 Å². The number of anilines is 2. The molecule has 0 bridgehead atoms. The fraction of sp³-hybridized carbons (Fsp3) is 0.400. The van der Waals surface area contributed by atoms with E-state index in [1.54, 1.807) is 32.2 Å². The van der Waals surface area contributed by atoms with Crippen molar-refractivity contribution in [3.05, 3.63) is 52.2 Å². The number of nitro groups is 1. The number of hydrogen-bond donors (Lipinski definition) is 0. The van der Waals surface area contributed by atoms with Crippen molar-refractivity contribution in [2.45, 2.75) is 18.7 Å². The van der Waals surface area contributed by atoms with Crippen molar-refractivity contribution in [3.8, 4) is 6.07 Å². The number of hydrogen-bond acceptors (Lipinski definition) is 8. The second-order valence-electron chi connectivity index (χ2n) is 6.99. The molecular formula is C20H24N6O4S. The number of benzene rings is 1. The summed E-state index contributed by atoms with van der Waals surface area (Å²) in [5.74, 6) is 0.689. The minimum absolute atomic E-state index is 0.0807. The molecule has 2 aromatic rings. The van der Waals surface area contributed by atoms with Gasteiger partial charge in [0.05, 0.1) is 21.5 Å². The van der Waals surface area contributed by atoms with Gasteiger partial charge in [0.25, 0.3) is 5.69 Å². The smallest absolute Gasteiger partial charge is 0.293 e. The zero-order chi connectivity index (χ0) is 22.6. The Morgan fingerprint density at radius 3 is 2.35 bits per heavy atom. The van der Waals surface area contributed by atoms with Crippen LogP contribution in [0.25, 0.3) is 0 Å². The Balaban J connectivity index is 1.84. The van der Waals surface area contributed by atoms with Gasteiger partial charge in [-0.1, -0.05) is 13.8 Å². The molecule has 1 aromatic carbocycles. The zero-order valence-electron chi connectivity index (χ0n) is 17.4. The van der Waals surface area contributed by atoms with Gasteiger partial charge in [0.15, 0.2) is 0 Å². The summed E-state index contributed by atoms with van der Waals surface area (Å²) in [6.45, 7) is 6.17. The Labute approximate surface area is 181 Å². The van der Waals surface area contributed by atoms with Gasteiger partial charge in [-0.05, 0) is 24.3 Å². The van der Waals surface area contributed by atoms with Crippen molar-refractivity contribution in [2.24, 2.45) is 0 Å². The molecule has 0 aliphatic carbocycles. The predicted molar refractivity (Wildman–Crippen MR) is 117 cm³/mol. The van der Waals surface area contributed by atoms with Crippen LogP contribution in [0.5, 0.6) is 0 Å². The number of sulfonamides is 1. The van der Waals surface area contributed by atoms with Gasteiger partial charge in [0, 0.05) is 51.5 Å². The SMILES string of the molecule is CCN(CC)S(=O)(=O)c1ccc(N2CCN(c3cc(C#N)ccn3)CC2)c([N+](=O)[O-])c1. The van der Waals surface area contributed by atoms with Crippen molar-refractivity contribution in [2.75, 3.05) is 49.1 Å². The lowest BCUT2D eigenvalue weighted by atomic mass is 10.2. The van der Waals surface area contributed by atoms with E-state index in [9.17, 15) is 18.5 Å². The average molecular weight is 445 g/mol. The van der Waals surface area contributed by atoms with Crippen LogP contribution < -0.4 is 9.80 Å². The molecule has 0 unspecified atom stereocenters. The van der Waals surface area contributed by atoms with Crippen molar-refractivity contribution in [1.82, 2.24) is 9.29 Å². The fourth-order valence-electron chi connectivity index (χ4n) is 3.63. The number of nitrogens with zero attached hydrogens (tertiary/aromatic N) is 6. The van der Waals surface area contributed by atoms with E-state index in [0.717, 1.165) is 6.07 Å². The number of aromatic nitrogens is 1. The van der Waals surface area contributed by atoms with Crippen molar-refractivity contribution >= 4 is 27.2 Å². The van der Waals surface area contributed by atoms with Crippen LogP contribution >= 0.6 is 0 Å². The molecule has 1 saturated heterocycles. The van der Waals surface area contributed by atoms with Gasteiger partial charge in [-0.2, -0.15) is 9.57 Å². The lowest BCUT2D eigenvalue weighted by Crippen LogP contribution is -2.47. The molecule has 2 heterocycles. The molecule has 3 rings (SSSR count). The third-order valence-electron chi connectivity index (χ3n) is 5.31. The molecule has 1 aromatic heterocycles.